The van der Waals surface area contributed by atoms with Crippen molar-refractivity contribution in [2.45, 2.75) is 26.4 Å². The Hall–Kier alpha value is -0.600. The van der Waals surface area contributed by atoms with Crippen LogP contribution in [0.5, 0.6) is 0 Å². The van der Waals surface area contributed by atoms with Crippen molar-refractivity contribution in [1.29, 1.82) is 0 Å². The molecule has 3 heteroatoms. The molecule has 0 radical (unpaired) electrons. The molecule has 0 aromatic heterocycles. The van der Waals surface area contributed by atoms with Gasteiger partial charge >= 0.3 is 0 Å². The van der Waals surface area contributed by atoms with E-state index in [1.807, 2.05) is 13.8 Å². The molecule has 2 nitrogen and oxygen atoms in total. The van der Waals surface area contributed by atoms with Gasteiger partial charge in [-0.2, -0.15) is 0 Å². The quantitative estimate of drug-likeness (QED) is 0.609. The molecular formula is C6H12FNO. The van der Waals surface area contributed by atoms with E-state index < -0.39 is 12.1 Å². The summed E-state index contributed by atoms with van der Waals surface area (Å²) in [6.07, 6.45) is -1.24. The van der Waals surface area contributed by atoms with Gasteiger partial charge in [0, 0.05) is 0 Å². The first-order chi connectivity index (χ1) is 4.04. The largest absolute Gasteiger partial charge is 0.367 e. The highest BCUT2D eigenvalue weighted by Crippen LogP contribution is 2.06. The lowest BCUT2D eigenvalue weighted by Gasteiger charge is -2.05. The van der Waals surface area contributed by atoms with Crippen LogP contribution in [0.2, 0.25) is 0 Å². The lowest BCUT2D eigenvalue weighted by Crippen LogP contribution is -2.25. The van der Waals surface area contributed by atoms with Crippen LogP contribution in [0.15, 0.2) is 0 Å². The third-order valence-electron chi connectivity index (χ3n) is 0.987. The molecule has 0 heterocycles. The van der Waals surface area contributed by atoms with E-state index in [2.05, 4.69) is 5.73 Å². The number of rotatable bonds is 3. The van der Waals surface area contributed by atoms with Crippen molar-refractivity contribution in [3.8, 4) is 0 Å². The first-order valence-electron chi connectivity index (χ1n) is 2.97. The molecule has 1 unspecified atom stereocenters. The second-order valence-corrected chi connectivity index (χ2v) is 2.50. The van der Waals surface area contributed by atoms with Crippen molar-refractivity contribution in [2.75, 3.05) is 0 Å². The minimum absolute atomic E-state index is 0.187. The van der Waals surface area contributed by atoms with Crippen molar-refractivity contribution in [1.82, 2.24) is 0 Å². The third-order valence-corrected chi connectivity index (χ3v) is 0.987. The number of primary amides is 1. The summed E-state index contributed by atoms with van der Waals surface area (Å²) >= 11 is 0. The first kappa shape index (κ1) is 8.40. The van der Waals surface area contributed by atoms with Crippen molar-refractivity contribution in [3.63, 3.8) is 0 Å². The van der Waals surface area contributed by atoms with Gasteiger partial charge in [-0.1, -0.05) is 13.8 Å². The minimum Gasteiger partial charge on any atom is -0.367 e. The van der Waals surface area contributed by atoms with E-state index >= 15 is 0 Å². The molecular weight excluding hydrogens is 121 g/mol. The number of nitrogens with two attached hydrogens (primary N) is 1. The van der Waals surface area contributed by atoms with E-state index in [9.17, 15) is 9.18 Å². The zero-order chi connectivity index (χ0) is 7.44. The molecule has 0 saturated carbocycles. The van der Waals surface area contributed by atoms with E-state index in [1.54, 1.807) is 0 Å². The molecule has 1 amide bonds. The van der Waals surface area contributed by atoms with Crippen molar-refractivity contribution in [3.05, 3.63) is 0 Å². The van der Waals surface area contributed by atoms with Crippen LogP contribution in [0.1, 0.15) is 20.3 Å². The van der Waals surface area contributed by atoms with Gasteiger partial charge in [0.1, 0.15) is 0 Å². The maximum atomic E-state index is 12.3. The SMILES string of the molecule is CC(C)CC(F)C(N)=O. The predicted octanol–water partition coefficient (Wildman–Crippen LogP) is 0.856. The normalized spacial score (nSPS) is 13.8. The monoisotopic (exact) mass is 133 g/mol. The highest BCUT2D eigenvalue weighted by molar-refractivity contribution is 5.78. The Kier molecular flexibility index (Phi) is 3.20. The van der Waals surface area contributed by atoms with Crippen LogP contribution >= 0.6 is 0 Å². The third kappa shape index (κ3) is 3.94. The van der Waals surface area contributed by atoms with Crippen LogP contribution in [0.25, 0.3) is 0 Å². The fourth-order valence-corrected chi connectivity index (χ4v) is 0.530. The molecule has 0 aromatic carbocycles. The standard InChI is InChI=1S/C6H12FNO/c1-4(2)3-5(7)6(8)9/h4-5H,3H2,1-2H3,(H2,8,9). The van der Waals surface area contributed by atoms with Gasteiger partial charge in [0.15, 0.2) is 6.17 Å². The Bertz CT molecular complexity index is 103. The van der Waals surface area contributed by atoms with Gasteiger partial charge in [-0.25, -0.2) is 4.39 Å². The lowest BCUT2D eigenvalue weighted by atomic mass is 10.1. The number of carbonyl (C=O) groups is 1. The van der Waals surface area contributed by atoms with Gasteiger partial charge in [0.2, 0.25) is 0 Å². The van der Waals surface area contributed by atoms with Gasteiger partial charge in [-0.3, -0.25) is 4.79 Å². The molecule has 0 saturated heterocycles. The molecule has 0 aliphatic rings. The Morgan fingerprint density at radius 1 is 1.67 bits per heavy atom. The molecule has 0 bridgehead atoms. The Labute approximate surface area is 54.2 Å². The summed E-state index contributed by atoms with van der Waals surface area (Å²) in [5.74, 6) is -0.670. The summed E-state index contributed by atoms with van der Waals surface area (Å²) in [5, 5.41) is 0. The highest BCUT2D eigenvalue weighted by Gasteiger charge is 2.13. The topological polar surface area (TPSA) is 43.1 Å². The fraction of sp³-hybridized carbons (Fsp3) is 0.833. The molecule has 1 atom stereocenters. The average Bonchev–Trinajstić information content (AvgIpc) is 1.63. The second-order valence-electron chi connectivity index (χ2n) is 2.50. The molecule has 9 heavy (non-hydrogen) atoms. The van der Waals surface area contributed by atoms with Gasteiger partial charge < -0.3 is 5.73 Å². The molecule has 0 spiro atoms. The molecule has 0 fully saturated rings. The van der Waals surface area contributed by atoms with Crippen molar-refractivity contribution >= 4 is 5.91 Å². The molecule has 54 valence electrons. The Morgan fingerprint density at radius 2 is 2.11 bits per heavy atom. The molecule has 0 aromatic rings. The maximum Gasteiger partial charge on any atom is 0.251 e. The van der Waals surface area contributed by atoms with Crippen molar-refractivity contribution < 1.29 is 9.18 Å². The average molecular weight is 133 g/mol. The van der Waals surface area contributed by atoms with E-state index in [4.69, 9.17) is 0 Å². The predicted molar refractivity (Wildman–Crippen MR) is 33.5 cm³/mol. The number of hydrogen-bond acceptors (Lipinski definition) is 1. The van der Waals surface area contributed by atoms with Gasteiger partial charge in [-0.15, -0.1) is 0 Å². The minimum atomic E-state index is -1.47. The molecule has 0 aliphatic heterocycles. The smallest absolute Gasteiger partial charge is 0.251 e. The van der Waals surface area contributed by atoms with Crippen LogP contribution in [-0.2, 0) is 4.79 Å². The Balaban J connectivity index is 3.50. The van der Waals surface area contributed by atoms with Gasteiger partial charge in [0.25, 0.3) is 5.91 Å². The summed E-state index contributed by atoms with van der Waals surface area (Å²) in [5.41, 5.74) is 4.67. The van der Waals surface area contributed by atoms with Crippen LogP contribution in [0.3, 0.4) is 0 Å². The van der Waals surface area contributed by atoms with Gasteiger partial charge in [-0.05, 0) is 12.3 Å². The van der Waals surface area contributed by atoms with Crippen LogP contribution in [0, 0.1) is 5.92 Å². The van der Waals surface area contributed by atoms with Crippen LogP contribution in [-0.4, -0.2) is 12.1 Å². The fourth-order valence-electron chi connectivity index (χ4n) is 0.530. The summed E-state index contributed by atoms with van der Waals surface area (Å²) < 4.78 is 12.3. The number of carbonyl (C=O) groups excluding carboxylic acids is 1. The molecule has 0 aliphatic carbocycles. The zero-order valence-electron chi connectivity index (χ0n) is 5.73. The Morgan fingerprint density at radius 3 is 2.22 bits per heavy atom. The molecule has 2 N–H and O–H groups in total. The second kappa shape index (κ2) is 3.43. The van der Waals surface area contributed by atoms with Crippen LogP contribution in [0.4, 0.5) is 4.39 Å². The van der Waals surface area contributed by atoms with E-state index in [-0.39, 0.29) is 12.3 Å². The van der Waals surface area contributed by atoms with E-state index in [0.717, 1.165) is 0 Å². The van der Waals surface area contributed by atoms with E-state index in [1.165, 1.54) is 0 Å². The zero-order valence-corrected chi connectivity index (χ0v) is 5.73. The van der Waals surface area contributed by atoms with E-state index in [0.29, 0.717) is 0 Å². The number of alkyl halides is 1. The van der Waals surface area contributed by atoms with Crippen LogP contribution < -0.4 is 5.73 Å². The maximum absolute atomic E-state index is 12.3. The summed E-state index contributed by atoms with van der Waals surface area (Å²) in [6.45, 7) is 3.69. The number of halogens is 1. The summed E-state index contributed by atoms with van der Waals surface area (Å²) in [4.78, 5) is 10.1. The summed E-state index contributed by atoms with van der Waals surface area (Å²) in [7, 11) is 0. The highest BCUT2D eigenvalue weighted by atomic mass is 19.1. The first-order valence-corrected chi connectivity index (χ1v) is 2.97. The lowest BCUT2D eigenvalue weighted by molar-refractivity contribution is -0.123. The van der Waals surface area contributed by atoms with Crippen molar-refractivity contribution in [2.24, 2.45) is 11.7 Å². The van der Waals surface area contributed by atoms with Gasteiger partial charge in [0.05, 0.1) is 0 Å². The number of hydrogen-bond donors (Lipinski definition) is 1. The number of amides is 1. The molecule has 0 rings (SSSR count). The summed E-state index contributed by atoms with van der Waals surface area (Å²) in [6, 6.07) is 0.